The lowest BCUT2D eigenvalue weighted by molar-refractivity contribution is -0.141. The number of hydrogen-bond donors (Lipinski definition) is 1. The van der Waals surface area contributed by atoms with E-state index in [0.29, 0.717) is 12.8 Å². The first-order chi connectivity index (χ1) is 12.5. The summed E-state index contributed by atoms with van der Waals surface area (Å²) in [5.74, 6) is -1.01. The zero-order valence-corrected chi connectivity index (χ0v) is 14.2. The summed E-state index contributed by atoms with van der Waals surface area (Å²) in [5.41, 5.74) is -0.325. The van der Waals surface area contributed by atoms with E-state index in [-0.39, 0.29) is 35.8 Å². The molecule has 4 nitrogen and oxygen atoms in total. The van der Waals surface area contributed by atoms with E-state index in [1.165, 1.54) is 18.3 Å². The lowest BCUT2D eigenvalue weighted by Crippen LogP contribution is -2.52. The number of pyridine rings is 1. The highest BCUT2D eigenvalue weighted by Crippen LogP contribution is 2.46. The van der Waals surface area contributed by atoms with E-state index >= 15 is 0 Å². The summed E-state index contributed by atoms with van der Waals surface area (Å²) < 4.78 is 27.1. The quantitative estimate of drug-likeness (QED) is 0.859. The molecular weight excluding hydrogens is 338 g/mol. The Bertz CT molecular complexity index is 811. The number of carbonyl (C=O) groups excluding carboxylic acids is 1. The summed E-state index contributed by atoms with van der Waals surface area (Å²) in [4.78, 5) is 18.3. The summed E-state index contributed by atoms with van der Waals surface area (Å²) >= 11 is 0. The van der Waals surface area contributed by atoms with Crippen LogP contribution in [-0.4, -0.2) is 33.0 Å². The molecule has 4 rings (SSSR count). The van der Waals surface area contributed by atoms with Gasteiger partial charge in [0, 0.05) is 36.7 Å². The van der Waals surface area contributed by atoms with Crippen molar-refractivity contribution in [3.63, 3.8) is 0 Å². The van der Waals surface area contributed by atoms with Gasteiger partial charge in [-0.05, 0) is 36.6 Å². The summed E-state index contributed by atoms with van der Waals surface area (Å²) in [7, 11) is 0. The van der Waals surface area contributed by atoms with Gasteiger partial charge in [0.05, 0.1) is 12.0 Å². The molecule has 1 N–H and O–H groups in total. The van der Waals surface area contributed by atoms with Crippen molar-refractivity contribution in [2.24, 2.45) is 0 Å². The summed E-state index contributed by atoms with van der Waals surface area (Å²) in [6, 6.07) is 8.86. The molecule has 2 aliphatic heterocycles. The van der Waals surface area contributed by atoms with E-state index in [9.17, 15) is 18.7 Å². The molecule has 0 aliphatic carbocycles. The fourth-order valence-corrected chi connectivity index (χ4v) is 4.45. The normalized spacial score (nSPS) is 27.6. The van der Waals surface area contributed by atoms with Crippen molar-refractivity contribution < 1.29 is 18.7 Å². The number of hydrogen-bond acceptors (Lipinski definition) is 3. The molecule has 3 heterocycles. The van der Waals surface area contributed by atoms with Crippen LogP contribution < -0.4 is 0 Å². The Labute approximate surface area is 150 Å². The number of benzene rings is 1. The van der Waals surface area contributed by atoms with Gasteiger partial charge in [0.15, 0.2) is 0 Å². The van der Waals surface area contributed by atoms with Gasteiger partial charge in [-0.3, -0.25) is 4.79 Å². The first-order valence-electron chi connectivity index (χ1n) is 8.85. The molecule has 2 aliphatic rings. The van der Waals surface area contributed by atoms with E-state index in [2.05, 4.69) is 4.98 Å². The van der Waals surface area contributed by atoms with Crippen LogP contribution in [0, 0.1) is 11.8 Å². The summed E-state index contributed by atoms with van der Waals surface area (Å²) in [5, 5.41) is 11.1. The van der Waals surface area contributed by atoms with E-state index < -0.39 is 11.5 Å². The lowest BCUT2D eigenvalue weighted by Gasteiger charge is -2.44. The Balaban J connectivity index is 1.52. The molecule has 2 atom stereocenters. The van der Waals surface area contributed by atoms with Gasteiger partial charge in [-0.15, -0.1) is 0 Å². The van der Waals surface area contributed by atoms with Gasteiger partial charge in [0.25, 0.3) is 0 Å². The third kappa shape index (κ3) is 2.98. The third-order valence-corrected chi connectivity index (χ3v) is 5.58. The molecule has 0 radical (unpaired) electrons. The monoisotopic (exact) mass is 358 g/mol. The van der Waals surface area contributed by atoms with Crippen LogP contribution in [0.3, 0.4) is 0 Å². The van der Waals surface area contributed by atoms with Crippen LogP contribution in [0.5, 0.6) is 0 Å². The topological polar surface area (TPSA) is 53.4 Å². The van der Waals surface area contributed by atoms with Crippen molar-refractivity contribution in [3.05, 3.63) is 65.5 Å². The second kappa shape index (κ2) is 6.43. The van der Waals surface area contributed by atoms with Crippen LogP contribution in [0.25, 0.3) is 0 Å². The van der Waals surface area contributed by atoms with Crippen LogP contribution in [-0.2, 0) is 16.8 Å². The number of nitrogens with zero attached hydrogens (tertiary/aromatic N) is 2. The SMILES string of the molecule is O=C(Cc1ccc(F)cc1)N1C2CCC1CC(O)(c1cccnc1F)C2. The Morgan fingerprint density at radius 3 is 2.42 bits per heavy atom. The van der Waals surface area contributed by atoms with Crippen molar-refractivity contribution in [2.75, 3.05) is 0 Å². The smallest absolute Gasteiger partial charge is 0.227 e. The van der Waals surface area contributed by atoms with E-state index in [0.717, 1.165) is 18.4 Å². The minimum Gasteiger partial charge on any atom is -0.385 e. The number of aromatic nitrogens is 1. The maximum absolute atomic E-state index is 14.1. The minimum atomic E-state index is -1.29. The molecule has 0 saturated carbocycles. The average Bonchev–Trinajstić information content (AvgIpc) is 2.90. The molecule has 2 aromatic rings. The lowest BCUT2D eigenvalue weighted by atomic mass is 9.81. The molecule has 2 unspecified atom stereocenters. The molecule has 26 heavy (non-hydrogen) atoms. The Morgan fingerprint density at radius 1 is 1.15 bits per heavy atom. The van der Waals surface area contributed by atoms with Crippen molar-refractivity contribution >= 4 is 5.91 Å². The number of rotatable bonds is 3. The van der Waals surface area contributed by atoms with Crippen LogP contribution in [0.2, 0.25) is 0 Å². The summed E-state index contributed by atoms with van der Waals surface area (Å²) in [6.07, 6.45) is 3.77. The molecule has 0 spiro atoms. The predicted octanol–water partition coefficient (Wildman–Crippen LogP) is 2.94. The van der Waals surface area contributed by atoms with E-state index in [1.807, 2.05) is 4.90 Å². The fourth-order valence-electron chi connectivity index (χ4n) is 4.45. The van der Waals surface area contributed by atoms with Crippen molar-refractivity contribution in [1.29, 1.82) is 0 Å². The second-order valence-electron chi connectivity index (χ2n) is 7.27. The highest BCUT2D eigenvalue weighted by molar-refractivity contribution is 5.80. The van der Waals surface area contributed by atoms with Crippen molar-refractivity contribution in [1.82, 2.24) is 9.88 Å². The highest BCUT2D eigenvalue weighted by Gasteiger charge is 2.50. The van der Waals surface area contributed by atoms with Gasteiger partial charge in [0.2, 0.25) is 11.9 Å². The zero-order valence-electron chi connectivity index (χ0n) is 14.2. The van der Waals surface area contributed by atoms with Crippen LogP contribution in [0.15, 0.2) is 42.6 Å². The standard InChI is InChI=1S/C20H20F2N2O2/c21-14-5-3-13(4-6-14)10-18(25)24-15-7-8-16(24)12-20(26,11-15)17-2-1-9-23-19(17)22/h1-6,9,15-16,26H,7-8,10-12H2. The van der Waals surface area contributed by atoms with Gasteiger partial charge >= 0.3 is 0 Å². The largest absolute Gasteiger partial charge is 0.385 e. The molecule has 2 saturated heterocycles. The molecular formula is C20H20F2N2O2. The number of fused-ring (bicyclic) bond motifs is 2. The van der Waals surface area contributed by atoms with Crippen LogP contribution >= 0.6 is 0 Å². The first-order valence-corrected chi connectivity index (χ1v) is 8.85. The van der Waals surface area contributed by atoms with Gasteiger partial charge in [0.1, 0.15) is 5.82 Å². The third-order valence-electron chi connectivity index (χ3n) is 5.58. The Hall–Kier alpha value is -2.34. The number of piperidine rings is 1. The predicted molar refractivity (Wildman–Crippen MR) is 91.1 cm³/mol. The zero-order chi connectivity index (χ0) is 18.3. The first kappa shape index (κ1) is 17.1. The highest BCUT2D eigenvalue weighted by atomic mass is 19.1. The molecule has 1 aromatic carbocycles. The summed E-state index contributed by atoms with van der Waals surface area (Å²) in [6.45, 7) is 0. The van der Waals surface area contributed by atoms with E-state index in [1.54, 1.807) is 24.3 Å². The number of halogens is 2. The number of carbonyl (C=O) groups is 1. The maximum Gasteiger partial charge on any atom is 0.227 e. The van der Waals surface area contributed by atoms with Gasteiger partial charge in [-0.1, -0.05) is 18.2 Å². The fraction of sp³-hybridized carbons (Fsp3) is 0.400. The molecule has 1 amide bonds. The van der Waals surface area contributed by atoms with Crippen LogP contribution in [0.1, 0.15) is 36.8 Å². The molecule has 6 heteroatoms. The number of aliphatic hydroxyl groups is 1. The Morgan fingerprint density at radius 2 is 1.81 bits per heavy atom. The van der Waals surface area contributed by atoms with Gasteiger partial charge in [-0.2, -0.15) is 4.39 Å². The maximum atomic E-state index is 14.1. The molecule has 2 bridgehead atoms. The van der Waals surface area contributed by atoms with Crippen molar-refractivity contribution in [2.45, 2.75) is 49.8 Å². The van der Waals surface area contributed by atoms with Crippen molar-refractivity contribution in [3.8, 4) is 0 Å². The van der Waals surface area contributed by atoms with Crippen LogP contribution in [0.4, 0.5) is 8.78 Å². The Kier molecular flexibility index (Phi) is 4.23. The van der Waals surface area contributed by atoms with Gasteiger partial charge in [-0.25, -0.2) is 9.37 Å². The average molecular weight is 358 g/mol. The molecule has 136 valence electrons. The number of amides is 1. The minimum absolute atomic E-state index is 0.0298. The second-order valence-corrected chi connectivity index (χ2v) is 7.27. The van der Waals surface area contributed by atoms with Gasteiger partial charge < -0.3 is 10.0 Å². The molecule has 1 aromatic heterocycles. The molecule has 2 fully saturated rings. The van der Waals surface area contributed by atoms with E-state index in [4.69, 9.17) is 0 Å².